The van der Waals surface area contributed by atoms with E-state index in [0.29, 0.717) is 12.0 Å². The number of hydrogen-bond donors (Lipinski definition) is 3. The van der Waals surface area contributed by atoms with Gasteiger partial charge in [0.05, 0.1) is 24.7 Å². The number of carbonyl (C=O) groups is 1. The zero-order chi connectivity index (χ0) is 17.9. The zero-order valence-corrected chi connectivity index (χ0v) is 14.2. The van der Waals surface area contributed by atoms with Gasteiger partial charge in [0.2, 0.25) is 0 Å². The lowest BCUT2D eigenvalue weighted by Gasteiger charge is -2.32. The van der Waals surface area contributed by atoms with Crippen LogP contribution in [0.3, 0.4) is 0 Å². The van der Waals surface area contributed by atoms with Gasteiger partial charge < -0.3 is 15.7 Å². The van der Waals surface area contributed by atoms with Gasteiger partial charge in [0.1, 0.15) is 0 Å². The topological polar surface area (TPSA) is 64.6 Å². The van der Waals surface area contributed by atoms with Gasteiger partial charge in [-0.05, 0) is 44.9 Å². The molecule has 134 valence electrons. The van der Waals surface area contributed by atoms with E-state index in [4.69, 9.17) is 5.11 Å². The lowest BCUT2D eigenvalue weighted by Crippen LogP contribution is -2.48. The van der Waals surface area contributed by atoms with Crippen molar-refractivity contribution in [2.45, 2.75) is 51.4 Å². The van der Waals surface area contributed by atoms with E-state index in [2.05, 4.69) is 15.5 Å². The minimum Gasteiger partial charge on any atom is -0.394 e. The average Bonchev–Trinajstić information content (AvgIpc) is 2.93. The van der Waals surface area contributed by atoms with Gasteiger partial charge in [-0.25, -0.2) is 13.6 Å². The molecule has 1 fully saturated rings. The van der Waals surface area contributed by atoms with Gasteiger partial charge in [-0.2, -0.15) is 0 Å². The molecule has 0 bridgehead atoms. The average molecular weight is 341 g/mol. The van der Waals surface area contributed by atoms with Crippen LogP contribution in [-0.2, 0) is 0 Å². The van der Waals surface area contributed by atoms with E-state index in [1.165, 1.54) is 6.07 Å². The molecule has 2 rings (SSSR count). The zero-order valence-electron chi connectivity index (χ0n) is 14.2. The van der Waals surface area contributed by atoms with Crippen LogP contribution in [-0.4, -0.2) is 47.3 Å². The fourth-order valence-corrected chi connectivity index (χ4v) is 3.15. The normalized spacial score (nSPS) is 22.6. The van der Waals surface area contributed by atoms with Gasteiger partial charge in [-0.1, -0.05) is 6.07 Å². The monoisotopic (exact) mass is 341 g/mol. The first kappa shape index (κ1) is 18.6. The van der Waals surface area contributed by atoms with Crippen molar-refractivity contribution >= 4 is 6.03 Å². The molecule has 24 heavy (non-hydrogen) atoms. The molecule has 5 nitrogen and oxygen atoms in total. The maximum Gasteiger partial charge on any atom is 0.315 e. The van der Waals surface area contributed by atoms with Gasteiger partial charge in [-0.15, -0.1) is 0 Å². The lowest BCUT2D eigenvalue weighted by atomic mass is 9.99. The fourth-order valence-electron chi connectivity index (χ4n) is 3.15. The number of nitrogens with zero attached hydrogens (tertiary/aromatic N) is 1. The van der Waals surface area contributed by atoms with Crippen molar-refractivity contribution < 1.29 is 18.7 Å². The Balaban J connectivity index is 2.20. The molecule has 1 aliphatic rings. The van der Waals surface area contributed by atoms with Gasteiger partial charge in [0.15, 0.2) is 11.6 Å². The Hall–Kier alpha value is -1.73. The van der Waals surface area contributed by atoms with Crippen molar-refractivity contribution in [1.82, 2.24) is 15.5 Å². The third-order valence-corrected chi connectivity index (χ3v) is 4.35. The Bertz CT molecular complexity index is 583. The number of aliphatic hydroxyl groups is 1. The van der Waals surface area contributed by atoms with E-state index >= 15 is 0 Å². The summed E-state index contributed by atoms with van der Waals surface area (Å²) in [7, 11) is 0. The van der Waals surface area contributed by atoms with Crippen LogP contribution in [0.15, 0.2) is 18.2 Å². The van der Waals surface area contributed by atoms with Crippen LogP contribution in [0.25, 0.3) is 0 Å². The second-order valence-corrected chi connectivity index (χ2v) is 6.55. The van der Waals surface area contributed by atoms with E-state index in [1.807, 2.05) is 13.8 Å². The highest BCUT2D eigenvalue weighted by Crippen LogP contribution is 2.34. The van der Waals surface area contributed by atoms with Crippen molar-refractivity contribution in [1.29, 1.82) is 0 Å². The Kier molecular flexibility index (Phi) is 6.12. The van der Waals surface area contributed by atoms with Crippen molar-refractivity contribution in [3.8, 4) is 0 Å². The maximum absolute atomic E-state index is 13.6. The molecule has 1 heterocycles. The molecule has 0 unspecified atom stereocenters. The van der Waals surface area contributed by atoms with Crippen molar-refractivity contribution in [3.05, 3.63) is 35.4 Å². The summed E-state index contributed by atoms with van der Waals surface area (Å²) in [6.45, 7) is 6.36. The van der Waals surface area contributed by atoms with Gasteiger partial charge in [-0.3, -0.25) is 4.90 Å². The molecule has 1 saturated heterocycles. The summed E-state index contributed by atoms with van der Waals surface area (Å²) in [5, 5.41) is 14.6. The van der Waals surface area contributed by atoms with Crippen LogP contribution in [0, 0.1) is 11.6 Å². The van der Waals surface area contributed by atoms with Crippen LogP contribution >= 0.6 is 0 Å². The third kappa shape index (κ3) is 4.21. The van der Waals surface area contributed by atoms with Gasteiger partial charge in [0, 0.05) is 12.6 Å². The summed E-state index contributed by atoms with van der Waals surface area (Å²) >= 11 is 0. The summed E-state index contributed by atoms with van der Waals surface area (Å²) in [5.41, 5.74) is 0.639. The standard InChI is InChI=1S/C17H25F2N3O2/c1-10(2)22-7-6-15(21-17(24)20-11(3)9-23)16(22)12-4-5-13(18)14(19)8-12/h4-5,8,10-11,15-16,23H,6-7,9H2,1-3H3,(H2,20,21,24)/t11-,15-,16+/m0/s1. The van der Waals surface area contributed by atoms with E-state index in [9.17, 15) is 13.6 Å². The minimum absolute atomic E-state index is 0.150. The number of nitrogens with one attached hydrogen (secondary N) is 2. The number of benzene rings is 1. The SMILES string of the molecule is CC(C)N1CC[C@H](NC(=O)N[C@@H](C)CO)[C@H]1c1ccc(F)c(F)c1. The van der Waals surface area contributed by atoms with E-state index in [0.717, 1.165) is 12.6 Å². The van der Waals surface area contributed by atoms with Crippen molar-refractivity contribution in [2.24, 2.45) is 0 Å². The van der Waals surface area contributed by atoms with Crippen LogP contribution < -0.4 is 10.6 Å². The molecule has 0 spiro atoms. The number of urea groups is 1. The molecule has 1 aromatic rings. The summed E-state index contributed by atoms with van der Waals surface area (Å²) in [6, 6.07) is 2.91. The van der Waals surface area contributed by atoms with Crippen LogP contribution in [0.4, 0.5) is 13.6 Å². The predicted octanol–water partition coefficient (Wildman–Crippen LogP) is 2.17. The number of aliphatic hydroxyl groups excluding tert-OH is 1. The highest BCUT2D eigenvalue weighted by molar-refractivity contribution is 5.74. The van der Waals surface area contributed by atoms with Crippen molar-refractivity contribution in [2.75, 3.05) is 13.2 Å². The summed E-state index contributed by atoms with van der Waals surface area (Å²) in [6.07, 6.45) is 0.711. The first-order chi connectivity index (χ1) is 11.3. The fraction of sp³-hybridized carbons (Fsp3) is 0.588. The maximum atomic E-state index is 13.6. The second-order valence-electron chi connectivity index (χ2n) is 6.55. The Morgan fingerprint density at radius 2 is 2.04 bits per heavy atom. The van der Waals surface area contributed by atoms with Crippen LogP contribution in [0.2, 0.25) is 0 Å². The molecule has 3 atom stereocenters. The molecule has 0 radical (unpaired) electrons. The number of halogens is 2. The summed E-state index contributed by atoms with van der Waals surface area (Å²) < 4.78 is 26.9. The summed E-state index contributed by atoms with van der Waals surface area (Å²) in [5.74, 6) is -1.77. The highest BCUT2D eigenvalue weighted by atomic mass is 19.2. The second kappa shape index (κ2) is 7.90. The largest absolute Gasteiger partial charge is 0.394 e. The number of rotatable bonds is 5. The van der Waals surface area contributed by atoms with Gasteiger partial charge >= 0.3 is 6.03 Å². The van der Waals surface area contributed by atoms with E-state index < -0.39 is 11.6 Å². The molecular formula is C17H25F2N3O2. The minimum atomic E-state index is -0.889. The Morgan fingerprint density at radius 3 is 2.62 bits per heavy atom. The molecule has 0 aromatic heterocycles. The molecule has 1 aromatic carbocycles. The van der Waals surface area contributed by atoms with Gasteiger partial charge in [0.25, 0.3) is 0 Å². The molecule has 3 N–H and O–H groups in total. The number of likely N-dealkylation sites (tertiary alicyclic amines) is 1. The third-order valence-electron chi connectivity index (χ3n) is 4.35. The number of amides is 2. The number of hydrogen-bond acceptors (Lipinski definition) is 3. The highest BCUT2D eigenvalue weighted by Gasteiger charge is 2.37. The van der Waals surface area contributed by atoms with Crippen LogP contribution in [0.5, 0.6) is 0 Å². The Labute approximate surface area is 141 Å². The Morgan fingerprint density at radius 1 is 1.33 bits per heavy atom. The summed E-state index contributed by atoms with van der Waals surface area (Å²) in [4.78, 5) is 14.2. The van der Waals surface area contributed by atoms with Crippen molar-refractivity contribution in [3.63, 3.8) is 0 Å². The molecule has 0 aliphatic carbocycles. The lowest BCUT2D eigenvalue weighted by molar-refractivity contribution is 0.185. The molecule has 1 aliphatic heterocycles. The molecule has 0 saturated carbocycles. The van der Waals surface area contributed by atoms with E-state index in [-0.39, 0.29) is 36.8 Å². The quantitative estimate of drug-likeness (QED) is 0.769. The first-order valence-electron chi connectivity index (χ1n) is 8.22. The smallest absolute Gasteiger partial charge is 0.315 e. The molecule has 2 amide bonds. The van der Waals surface area contributed by atoms with E-state index in [1.54, 1.807) is 13.0 Å². The molecule has 7 heteroatoms. The number of carbonyl (C=O) groups excluding carboxylic acids is 1. The first-order valence-corrected chi connectivity index (χ1v) is 8.22. The van der Waals surface area contributed by atoms with Crippen LogP contribution in [0.1, 0.15) is 38.8 Å². The predicted molar refractivity (Wildman–Crippen MR) is 87.6 cm³/mol. The molecular weight excluding hydrogens is 316 g/mol.